The van der Waals surface area contributed by atoms with E-state index in [2.05, 4.69) is 52.0 Å². The summed E-state index contributed by atoms with van der Waals surface area (Å²) < 4.78 is 0. The number of carbonyl (C=O) groups excluding carboxylic acids is 1. The zero-order chi connectivity index (χ0) is 21.8. The van der Waals surface area contributed by atoms with Crippen molar-refractivity contribution < 1.29 is 4.79 Å². The number of fused-ring (bicyclic) bond motifs is 6. The standard InChI is InChI=1S/C15H18O.C15H20/c1-15(2)9-13-11-6-4-3-5-10(11)7-8-12(13)14(15)16;1-15(2)9-12-8-7-11-5-3-4-6-13(11)14(12)10-15/h7-8H,3-6,9H2,1-2H3;7-8H,3-6,9-10H2,1-2H3. The Labute approximate surface area is 188 Å². The summed E-state index contributed by atoms with van der Waals surface area (Å²) in [4.78, 5) is 12.2. The third kappa shape index (κ3) is 3.79. The highest BCUT2D eigenvalue weighted by Gasteiger charge is 2.39. The molecule has 31 heavy (non-hydrogen) atoms. The van der Waals surface area contributed by atoms with Gasteiger partial charge in [0.2, 0.25) is 0 Å². The number of aryl methyl sites for hydroxylation is 2. The molecule has 0 fully saturated rings. The molecule has 0 unspecified atom stereocenters. The number of hydrogen-bond donors (Lipinski definition) is 0. The zero-order valence-corrected chi connectivity index (χ0v) is 20.0. The molecule has 0 amide bonds. The number of rotatable bonds is 0. The third-order valence-electron chi connectivity index (χ3n) is 8.20. The molecule has 0 radical (unpaired) electrons. The molecule has 0 spiro atoms. The first-order valence-corrected chi connectivity index (χ1v) is 12.6. The Hall–Kier alpha value is -1.89. The van der Waals surface area contributed by atoms with Crippen LogP contribution in [0.5, 0.6) is 0 Å². The Morgan fingerprint density at radius 3 is 1.81 bits per heavy atom. The van der Waals surface area contributed by atoms with Gasteiger partial charge in [0.05, 0.1) is 0 Å². The van der Waals surface area contributed by atoms with Crippen LogP contribution in [-0.2, 0) is 44.9 Å². The van der Waals surface area contributed by atoms with E-state index in [1.165, 1.54) is 80.9 Å². The summed E-state index contributed by atoms with van der Waals surface area (Å²) in [5, 5.41) is 0. The van der Waals surface area contributed by atoms with Crippen molar-refractivity contribution in [2.75, 3.05) is 0 Å². The fourth-order valence-corrected chi connectivity index (χ4v) is 6.60. The molecule has 0 aromatic heterocycles. The minimum atomic E-state index is -0.172. The quantitative estimate of drug-likeness (QED) is 0.453. The SMILES string of the molecule is CC1(C)Cc2c(ccc3c2CCCC3)C1=O.CC1(C)Cc2ccc3c(c2C1)CCCC3. The average molecular weight is 415 g/mol. The number of Topliss-reactive ketones (excluding diaryl/α,β-unsaturated/α-hetero) is 1. The molecular formula is C30H38O. The summed E-state index contributed by atoms with van der Waals surface area (Å²) in [7, 11) is 0. The molecule has 164 valence electrons. The second-order valence-electron chi connectivity index (χ2n) is 11.9. The summed E-state index contributed by atoms with van der Waals surface area (Å²) in [5.41, 5.74) is 12.4. The van der Waals surface area contributed by atoms with Crippen LogP contribution < -0.4 is 0 Å². The lowest BCUT2D eigenvalue weighted by Gasteiger charge is -2.20. The normalized spacial score (nSPS) is 22.0. The van der Waals surface area contributed by atoms with Crippen LogP contribution in [0.15, 0.2) is 24.3 Å². The van der Waals surface area contributed by atoms with Crippen molar-refractivity contribution in [3.8, 4) is 0 Å². The summed E-state index contributed by atoms with van der Waals surface area (Å²) in [6.45, 7) is 8.96. The van der Waals surface area contributed by atoms with Gasteiger partial charge in [0, 0.05) is 11.0 Å². The highest BCUT2D eigenvalue weighted by Crippen LogP contribution is 2.41. The van der Waals surface area contributed by atoms with Gasteiger partial charge in [-0.05, 0) is 115 Å². The molecule has 6 rings (SSSR count). The van der Waals surface area contributed by atoms with Gasteiger partial charge in [-0.1, -0.05) is 52.0 Å². The number of benzene rings is 2. The van der Waals surface area contributed by atoms with E-state index in [0.717, 1.165) is 12.0 Å². The van der Waals surface area contributed by atoms with Gasteiger partial charge < -0.3 is 0 Å². The molecule has 2 aromatic carbocycles. The first-order valence-electron chi connectivity index (χ1n) is 12.6. The minimum absolute atomic E-state index is 0.172. The molecule has 2 aromatic rings. The Bertz CT molecular complexity index is 1040. The lowest BCUT2D eigenvalue weighted by Crippen LogP contribution is -2.18. The van der Waals surface area contributed by atoms with E-state index in [-0.39, 0.29) is 5.41 Å². The van der Waals surface area contributed by atoms with Crippen molar-refractivity contribution in [1.82, 2.24) is 0 Å². The Balaban J connectivity index is 0.000000132. The fourth-order valence-electron chi connectivity index (χ4n) is 6.60. The second-order valence-corrected chi connectivity index (χ2v) is 11.9. The molecule has 0 bridgehead atoms. The highest BCUT2D eigenvalue weighted by atomic mass is 16.1. The topological polar surface area (TPSA) is 17.1 Å². The number of carbonyl (C=O) groups is 1. The molecule has 1 nitrogen and oxygen atoms in total. The lowest BCUT2D eigenvalue weighted by molar-refractivity contribution is 0.0863. The molecule has 4 aliphatic carbocycles. The minimum Gasteiger partial charge on any atom is -0.294 e. The van der Waals surface area contributed by atoms with E-state index in [9.17, 15) is 4.79 Å². The van der Waals surface area contributed by atoms with Crippen molar-refractivity contribution >= 4 is 5.78 Å². The second kappa shape index (κ2) is 7.61. The van der Waals surface area contributed by atoms with Crippen molar-refractivity contribution in [2.24, 2.45) is 10.8 Å². The lowest BCUT2D eigenvalue weighted by atomic mass is 9.85. The Kier molecular flexibility index (Phi) is 5.15. The van der Waals surface area contributed by atoms with Gasteiger partial charge in [0.1, 0.15) is 0 Å². The highest BCUT2D eigenvalue weighted by molar-refractivity contribution is 6.04. The van der Waals surface area contributed by atoms with Crippen LogP contribution in [0.1, 0.15) is 103 Å². The number of ketones is 1. The smallest absolute Gasteiger partial charge is 0.169 e. The van der Waals surface area contributed by atoms with Crippen molar-refractivity contribution in [3.63, 3.8) is 0 Å². The van der Waals surface area contributed by atoms with Crippen molar-refractivity contribution in [1.29, 1.82) is 0 Å². The Morgan fingerprint density at radius 2 is 1.13 bits per heavy atom. The van der Waals surface area contributed by atoms with Crippen LogP contribution in [0.25, 0.3) is 0 Å². The van der Waals surface area contributed by atoms with Crippen LogP contribution >= 0.6 is 0 Å². The molecule has 0 heterocycles. The summed E-state index contributed by atoms with van der Waals surface area (Å²) in [6.07, 6.45) is 14.0. The molecule has 4 aliphatic rings. The number of hydrogen-bond acceptors (Lipinski definition) is 1. The first kappa shape index (κ1) is 21.0. The van der Waals surface area contributed by atoms with Gasteiger partial charge in [0.15, 0.2) is 5.78 Å². The van der Waals surface area contributed by atoms with E-state index in [0.29, 0.717) is 11.2 Å². The maximum Gasteiger partial charge on any atom is 0.169 e. The molecule has 0 aliphatic heterocycles. The monoisotopic (exact) mass is 414 g/mol. The van der Waals surface area contributed by atoms with Gasteiger partial charge in [0.25, 0.3) is 0 Å². The first-order chi connectivity index (χ1) is 14.8. The van der Waals surface area contributed by atoms with E-state index >= 15 is 0 Å². The fraction of sp³-hybridized carbons (Fsp3) is 0.567. The van der Waals surface area contributed by atoms with Crippen LogP contribution in [0.3, 0.4) is 0 Å². The van der Waals surface area contributed by atoms with Crippen LogP contribution in [0.4, 0.5) is 0 Å². The van der Waals surface area contributed by atoms with Gasteiger partial charge in [-0.2, -0.15) is 0 Å². The van der Waals surface area contributed by atoms with Crippen LogP contribution in [-0.4, -0.2) is 5.78 Å². The molecular weight excluding hydrogens is 376 g/mol. The largest absolute Gasteiger partial charge is 0.294 e. The van der Waals surface area contributed by atoms with E-state index in [1.807, 2.05) is 0 Å². The molecule has 0 N–H and O–H groups in total. The summed E-state index contributed by atoms with van der Waals surface area (Å²) in [6, 6.07) is 9.05. The maximum atomic E-state index is 12.2. The van der Waals surface area contributed by atoms with Gasteiger partial charge in [-0.15, -0.1) is 0 Å². The van der Waals surface area contributed by atoms with Gasteiger partial charge in [-0.25, -0.2) is 0 Å². The van der Waals surface area contributed by atoms with E-state index in [4.69, 9.17) is 0 Å². The maximum absolute atomic E-state index is 12.2. The molecule has 0 saturated carbocycles. The van der Waals surface area contributed by atoms with Crippen molar-refractivity contribution in [3.05, 3.63) is 68.8 Å². The molecule has 0 saturated heterocycles. The third-order valence-corrected chi connectivity index (χ3v) is 8.20. The molecule has 0 atom stereocenters. The van der Waals surface area contributed by atoms with Crippen molar-refractivity contribution in [2.45, 2.75) is 98.3 Å². The predicted molar refractivity (Wildman–Crippen MR) is 129 cm³/mol. The summed E-state index contributed by atoms with van der Waals surface area (Å²) >= 11 is 0. The summed E-state index contributed by atoms with van der Waals surface area (Å²) in [5.74, 6) is 0.343. The van der Waals surface area contributed by atoms with Crippen LogP contribution in [0, 0.1) is 10.8 Å². The van der Waals surface area contributed by atoms with E-state index in [1.54, 1.807) is 22.3 Å². The average Bonchev–Trinajstić information content (AvgIpc) is 3.20. The Morgan fingerprint density at radius 1 is 0.581 bits per heavy atom. The van der Waals surface area contributed by atoms with E-state index < -0.39 is 0 Å². The zero-order valence-electron chi connectivity index (χ0n) is 20.0. The van der Waals surface area contributed by atoms with Gasteiger partial charge >= 0.3 is 0 Å². The predicted octanol–water partition coefficient (Wildman–Crippen LogP) is 7.02. The van der Waals surface area contributed by atoms with Crippen LogP contribution in [0.2, 0.25) is 0 Å². The van der Waals surface area contributed by atoms with Gasteiger partial charge in [-0.3, -0.25) is 4.79 Å². The molecule has 1 heteroatoms.